The van der Waals surface area contributed by atoms with Crippen LogP contribution in [-0.4, -0.2) is 28.2 Å². The molecule has 5 rings (SSSR count). The predicted molar refractivity (Wildman–Crippen MR) is 106 cm³/mol. The zero-order chi connectivity index (χ0) is 18.1. The first-order chi connectivity index (χ1) is 13.4. The molecule has 0 radical (unpaired) electrons. The minimum Gasteiger partial charge on any atom is -0.469 e. The standard InChI is InChI=1S/C23H25N3O/c1-2-6-20-18(4-1)8-10-21-22(24-25-23(20)21)16-26-13-11-17(12-14-26)7-9-19-5-3-15-27-19/h1-6,11,15H,7-10,12-14,16H2,(H,24,25). The second-order valence-electron chi connectivity index (χ2n) is 7.61. The number of fused-ring (bicyclic) bond motifs is 3. The Kier molecular flexibility index (Phi) is 4.42. The van der Waals surface area contributed by atoms with Gasteiger partial charge in [-0.1, -0.05) is 35.9 Å². The second-order valence-corrected chi connectivity index (χ2v) is 7.61. The monoisotopic (exact) mass is 359 g/mol. The molecule has 2 aliphatic rings. The van der Waals surface area contributed by atoms with Gasteiger partial charge in [-0.15, -0.1) is 0 Å². The Morgan fingerprint density at radius 3 is 2.85 bits per heavy atom. The smallest absolute Gasteiger partial charge is 0.104 e. The normalized spacial score (nSPS) is 16.7. The van der Waals surface area contributed by atoms with E-state index in [1.165, 1.54) is 28.1 Å². The molecule has 4 nitrogen and oxygen atoms in total. The Hall–Kier alpha value is -2.59. The summed E-state index contributed by atoms with van der Waals surface area (Å²) < 4.78 is 5.44. The first-order valence-corrected chi connectivity index (χ1v) is 9.94. The molecule has 0 saturated carbocycles. The van der Waals surface area contributed by atoms with Crippen LogP contribution in [0.4, 0.5) is 0 Å². The first kappa shape index (κ1) is 16.6. The van der Waals surface area contributed by atoms with Crippen LogP contribution in [0.1, 0.15) is 35.4 Å². The van der Waals surface area contributed by atoms with E-state index in [0.717, 1.165) is 57.5 Å². The van der Waals surface area contributed by atoms with Gasteiger partial charge in [-0.3, -0.25) is 10.00 Å². The van der Waals surface area contributed by atoms with Crippen LogP contribution in [-0.2, 0) is 25.8 Å². The number of H-pyrrole nitrogens is 1. The molecule has 0 unspecified atom stereocenters. The Labute approximate surface area is 159 Å². The van der Waals surface area contributed by atoms with Crippen molar-refractivity contribution in [2.45, 2.75) is 38.6 Å². The number of hydrogen-bond donors (Lipinski definition) is 1. The maximum Gasteiger partial charge on any atom is 0.104 e. The van der Waals surface area contributed by atoms with E-state index in [9.17, 15) is 0 Å². The zero-order valence-electron chi connectivity index (χ0n) is 15.6. The molecular formula is C23H25N3O. The number of aryl methyl sites for hydroxylation is 2. The van der Waals surface area contributed by atoms with E-state index < -0.39 is 0 Å². The van der Waals surface area contributed by atoms with Gasteiger partial charge in [0.15, 0.2) is 0 Å². The van der Waals surface area contributed by atoms with Crippen molar-refractivity contribution >= 4 is 0 Å². The van der Waals surface area contributed by atoms with E-state index in [4.69, 9.17) is 4.42 Å². The number of hydrogen-bond acceptors (Lipinski definition) is 3. The first-order valence-electron chi connectivity index (χ1n) is 9.94. The molecule has 0 spiro atoms. The lowest BCUT2D eigenvalue weighted by molar-refractivity contribution is 0.279. The lowest BCUT2D eigenvalue weighted by Gasteiger charge is -2.26. The van der Waals surface area contributed by atoms with Crippen LogP contribution in [0, 0.1) is 0 Å². The topological polar surface area (TPSA) is 45.1 Å². The Bertz CT molecular complexity index is 952. The highest BCUT2D eigenvalue weighted by Crippen LogP contribution is 2.33. The number of furan rings is 1. The highest BCUT2D eigenvalue weighted by molar-refractivity contribution is 5.70. The largest absolute Gasteiger partial charge is 0.469 e. The van der Waals surface area contributed by atoms with Crippen LogP contribution < -0.4 is 0 Å². The molecule has 0 amide bonds. The van der Waals surface area contributed by atoms with E-state index in [0.29, 0.717) is 0 Å². The maximum absolute atomic E-state index is 5.44. The van der Waals surface area contributed by atoms with Crippen molar-refractivity contribution in [2.75, 3.05) is 13.1 Å². The molecule has 2 aromatic heterocycles. The molecule has 0 atom stereocenters. The van der Waals surface area contributed by atoms with Gasteiger partial charge < -0.3 is 4.42 Å². The number of benzene rings is 1. The fraction of sp³-hybridized carbons (Fsp3) is 0.348. The van der Waals surface area contributed by atoms with Crippen molar-refractivity contribution in [1.82, 2.24) is 15.1 Å². The predicted octanol–water partition coefficient (Wildman–Crippen LogP) is 4.53. The van der Waals surface area contributed by atoms with Gasteiger partial charge in [0.1, 0.15) is 5.76 Å². The summed E-state index contributed by atoms with van der Waals surface area (Å²) in [7, 11) is 0. The molecule has 3 heterocycles. The van der Waals surface area contributed by atoms with Crippen LogP contribution in [0.15, 0.2) is 58.7 Å². The quantitative estimate of drug-likeness (QED) is 0.681. The fourth-order valence-corrected chi connectivity index (χ4v) is 4.34. The third-order valence-corrected chi connectivity index (χ3v) is 5.92. The number of aromatic amines is 1. The van der Waals surface area contributed by atoms with Gasteiger partial charge in [0.05, 0.1) is 17.7 Å². The van der Waals surface area contributed by atoms with Gasteiger partial charge in [0.25, 0.3) is 0 Å². The van der Waals surface area contributed by atoms with Crippen molar-refractivity contribution in [2.24, 2.45) is 0 Å². The summed E-state index contributed by atoms with van der Waals surface area (Å²) in [5.74, 6) is 1.08. The van der Waals surface area contributed by atoms with Crippen LogP contribution in [0.25, 0.3) is 11.3 Å². The molecule has 27 heavy (non-hydrogen) atoms. The molecule has 0 fully saturated rings. The highest BCUT2D eigenvalue weighted by atomic mass is 16.3. The average Bonchev–Trinajstić information content (AvgIpc) is 3.38. The van der Waals surface area contributed by atoms with Crippen molar-refractivity contribution < 1.29 is 4.42 Å². The van der Waals surface area contributed by atoms with E-state index in [-0.39, 0.29) is 0 Å². The zero-order valence-corrected chi connectivity index (χ0v) is 15.6. The van der Waals surface area contributed by atoms with E-state index >= 15 is 0 Å². The van der Waals surface area contributed by atoms with Crippen molar-refractivity contribution in [3.8, 4) is 11.3 Å². The summed E-state index contributed by atoms with van der Waals surface area (Å²) in [6, 6.07) is 12.7. The Balaban J connectivity index is 1.23. The van der Waals surface area contributed by atoms with E-state index in [2.05, 4.69) is 51.5 Å². The lowest BCUT2D eigenvalue weighted by Crippen LogP contribution is -2.29. The Morgan fingerprint density at radius 2 is 2.00 bits per heavy atom. The fourth-order valence-electron chi connectivity index (χ4n) is 4.34. The van der Waals surface area contributed by atoms with Gasteiger partial charge in [-0.25, -0.2) is 0 Å². The second kappa shape index (κ2) is 7.20. The SMILES string of the molecule is C1=C(CCc2ccco2)CCN(Cc2n[nH]c3c2CCc2ccccc2-3)C1. The van der Waals surface area contributed by atoms with Gasteiger partial charge in [-0.2, -0.15) is 5.10 Å². The van der Waals surface area contributed by atoms with Gasteiger partial charge >= 0.3 is 0 Å². The molecule has 1 aliphatic heterocycles. The van der Waals surface area contributed by atoms with Crippen LogP contribution in [0.2, 0.25) is 0 Å². The lowest BCUT2D eigenvalue weighted by atomic mass is 9.89. The summed E-state index contributed by atoms with van der Waals surface area (Å²) in [5.41, 5.74) is 8.20. The number of nitrogens with one attached hydrogen (secondary N) is 1. The summed E-state index contributed by atoms with van der Waals surface area (Å²) in [5, 5.41) is 7.99. The summed E-state index contributed by atoms with van der Waals surface area (Å²) >= 11 is 0. The summed E-state index contributed by atoms with van der Waals surface area (Å²) in [6.45, 7) is 3.07. The minimum atomic E-state index is 0.940. The molecule has 0 saturated heterocycles. The minimum absolute atomic E-state index is 0.940. The molecule has 1 aromatic carbocycles. The van der Waals surface area contributed by atoms with Gasteiger partial charge in [0, 0.05) is 37.2 Å². The average molecular weight is 359 g/mol. The van der Waals surface area contributed by atoms with Gasteiger partial charge in [-0.05, 0) is 43.4 Å². The van der Waals surface area contributed by atoms with Crippen molar-refractivity contribution in [1.29, 1.82) is 0 Å². The molecule has 1 N–H and O–H groups in total. The highest BCUT2D eigenvalue weighted by Gasteiger charge is 2.23. The molecular weight excluding hydrogens is 334 g/mol. The third kappa shape index (κ3) is 3.37. The Morgan fingerprint density at radius 1 is 1.04 bits per heavy atom. The van der Waals surface area contributed by atoms with Crippen LogP contribution >= 0.6 is 0 Å². The molecule has 138 valence electrons. The maximum atomic E-state index is 5.44. The van der Waals surface area contributed by atoms with Crippen LogP contribution in [0.5, 0.6) is 0 Å². The molecule has 3 aromatic rings. The van der Waals surface area contributed by atoms with Gasteiger partial charge in [0.2, 0.25) is 0 Å². The third-order valence-electron chi connectivity index (χ3n) is 5.92. The molecule has 1 aliphatic carbocycles. The van der Waals surface area contributed by atoms with Crippen molar-refractivity contribution in [3.63, 3.8) is 0 Å². The molecule has 0 bridgehead atoms. The number of nitrogens with zero attached hydrogens (tertiary/aromatic N) is 2. The van der Waals surface area contributed by atoms with Crippen LogP contribution in [0.3, 0.4) is 0 Å². The van der Waals surface area contributed by atoms with E-state index in [1.807, 2.05) is 6.07 Å². The number of aromatic nitrogens is 2. The summed E-state index contributed by atoms with van der Waals surface area (Å²) in [4.78, 5) is 2.51. The number of rotatable bonds is 5. The van der Waals surface area contributed by atoms with E-state index in [1.54, 1.807) is 11.8 Å². The molecule has 4 heteroatoms. The summed E-state index contributed by atoms with van der Waals surface area (Å²) in [6.07, 6.45) is 9.64. The van der Waals surface area contributed by atoms with Crippen molar-refractivity contribution in [3.05, 3.63) is 76.9 Å².